The van der Waals surface area contributed by atoms with Crippen LogP contribution in [0.1, 0.15) is 46.6 Å². The molecule has 0 fully saturated rings. The fourth-order valence-electron chi connectivity index (χ4n) is 2.32. The van der Waals surface area contributed by atoms with Crippen LogP contribution in [0.25, 0.3) is 5.69 Å². The number of nitrogens with zero attached hydrogens (tertiary/aromatic N) is 3. The maximum atomic E-state index is 14.2. The van der Waals surface area contributed by atoms with Gasteiger partial charge < -0.3 is 10.1 Å². The Morgan fingerprint density at radius 1 is 1.28 bits per heavy atom. The fraction of sp³-hybridized carbons (Fsp3) is 0.500. The summed E-state index contributed by atoms with van der Waals surface area (Å²) in [5, 5.41) is 7.19. The lowest BCUT2D eigenvalue weighted by Gasteiger charge is -2.28. The standard InChI is InChI=1S/C18H25FN4O2/c1-17(2,3)25-16(24)9-18(4,5)21-10-13-6-7-15(14(19)8-13)23-12-20-11-22-23/h6-8,11-12,21H,9-10H2,1-5H3. The Kier molecular flexibility index (Phi) is 5.57. The van der Waals surface area contributed by atoms with Crippen LogP contribution in [0.3, 0.4) is 0 Å². The number of halogens is 1. The van der Waals surface area contributed by atoms with Crippen molar-refractivity contribution in [3.8, 4) is 5.69 Å². The second-order valence-corrected chi connectivity index (χ2v) is 7.63. The van der Waals surface area contributed by atoms with Crippen LogP contribution < -0.4 is 5.32 Å². The Balaban J connectivity index is 1.96. The number of esters is 1. The number of nitrogens with one attached hydrogen (secondary N) is 1. The summed E-state index contributed by atoms with van der Waals surface area (Å²) in [7, 11) is 0. The van der Waals surface area contributed by atoms with E-state index in [1.54, 1.807) is 6.07 Å². The second kappa shape index (κ2) is 7.31. The quantitative estimate of drug-likeness (QED) is 0.813. The second-order valence-electron chi connectivity index (χ2n) is 7.63. The molecule has 1 heterocycles. The van der Waals surface area contributed by atoms with Crippen molar-refractivity contribution in [3.05, 3.63) is 42.2 Å². The molecule has 0 unspecified atom stereocenters. The lowest BCUT2D eigenvalue weighted by molar-refractivity contribution is -0.156. The summed E-state index contributed by atoms with van der Waals surface area (Å²) in [6.45, 7) is 9.78. The molecule has 0 bridgehead atoms. The van der Waals surface area contributed by atoms with Gasteiger partial charge in [0.15, 0.2) is 0 Å². The average molecular weight is 348 g/mol. The Labute approximate surface area is 147 Å². The number of ether oxygens (including phenoxy) is 1. The molecule has 0 saturated carbocycles. The van der Waals surface area contributed by atoms with Gasteiger partial charge in [0.05, 0.1) is 6.42 Å². The minimum atomic E-state index is -0.506. The van der Waals surface area contributed by atoms with Crippen LogP contribution >= 0.6 is 0 Å². The molecule has 0 atom stereocenters. The highest BCUT2D eigenvalue weighted by molar-refractivity contribution is 5.71. The lowest BCUT2D eigenvalue weighted by Crippen LogP contribution is -2.42. The monoisotopic (exact) mass is 348 g/mol. The Bertz CT molecular complexity index is 721. The molecule has 7 heteroatoms. The fourth-order valence-corrected chi connectivity index (χ4v) is 2.32. The summed E-state index contributed by atoms with van der Waals surface area (Å²) in [5.74, 6) is -0.646. The zero-order valence-corrected chi connectivity index (χ0v) is 15.3. The maximum absolute atomic E-state index is 14.2. The maximum Gasteiger partial charge on any atom is 0.308 e. The van der Waals surface area contributed by atoms with E-state index in [0.717, 1.165) is 5.56 Å². The molecule has 1 N–H and O–H groups in total. The molecular weight excluding hydrogens is 323 g/mol. The molecule has 25 heavy (non-hydrogen) atoms. The van der Waals surface area contributed by atoms with E-state index in [-0.39, 0.29) is 18.2 Å². The van der Waals surface area contributed by atoms with E-state index in [1.165, 1.54) is 23.4 Å². The van der Waals surface area contributed by atoms with Gasteiger partial charge in [0.1, 0.15) is 29.8 Å². The number of aromatic nitrogens is 3. The summed E-state index contributed by atoms with van der Waals surface area (Å²) in [6, 6.07) is 4.92. The highest BCUT2D eigenvalue weighted by atomic mass is 19.1. The minimum Gasteiger partial charge on any atom is -0.460 e. The van der Waals surface area contributed by atoms with E-state index in [9.17, 15) is 9.18 Å². The van der Waals surface area contributed by atoms with Gasteiger partial charge in [0, 0.05) is 12.1 Å². The first-order chi connectivity index (χ1) is 11.6. The van der Waals surface area contributed by atoms with E-state index in [2.05, 4.69) is 15.4 Å². The largest absolute Gasteiger partial charge is 0.460 e. The van der Waals surface area contributed by atoms with Crippen molar-refractivity contribution >= 4 is 5.97 Å². The van der Waals surface area contributed by atoms with Crippen LogP contribution in [0, 0.1) is 5.82 Å². The van der Waals surface area contributed by atoms with Crippen molar-refractivity contribution in [3.63, 3.8) is 0 Å². The van der Waals surface area contributed by atoms with Crippen molar-refractivity contribution in [2.45, 2.75) is 58.7 Å². The molecule has 0 aliphatic heterocycles. The van der Waals surface area contributed by atoms with Crippen LogP contribution in [-0.4, -0.2) is 31.9 Å². The normalized spacial score (nSPS) is 12.2. The summed E-state index contributed by atoms with van der Waals surface area (Å²) in [5.41, 5.74) is 0.143. The smallest absolute Gasteiger partial charge is 0.308 e. The van der Waals surface area contributed by atoms with Gasteiger partial charge in [-0.15, -0.1) is 0 Å². The van der Waals surface area contributed by atoms with E-state index in [1.807, 2.05) is 40.7 Å². The van der Waals surface area contributed by atoms with Crippen molar-refractivity contribution in [1.82, 2.24) is 20.1 Å². The van der Waals surface area contributed by atoms with Gasteiger partial charge in [-0.1, -0.05) is 6.07 Å². The molecule has 0 radical (unpaired) electrons. The third-order valence-corrected chi connectivity index (χ3v) is 3.46. The molecule has 0 spiro atoms. The molecular formula is C18H25FN4O2. The van der Waals surface area contributed by atoms with E-state index < -0.39 is 11.1 Å². The number of rotatable bonds is 6. The first kappa shape index (κ1) is 19.1. The van der Waals surface area contributed by atoms with Crippen molar-refractivity contribution in [1.29, 1.82) is 0 Å². The Morgan fingerprint density at radius 2 is 2.00 bits per heavy atom. The molecule has 136 valence electrons. The SMILES string of the molecule is CC(C)(CC(=O)OC(C)(C)C)NCc1ccc(-n2cncn2)c(F)c1. The van der Waals surface area contributed by atoms with Gasteiger partial charge in [-0.25, -0.2) is 14.1 Å². The Hall–Kier alpha value is -2.28. The molecule has 0 aliphatic rings. The first-order valence-electron chi connectivity index (χ1n) is 8.16. The summed E-state index contributed by atoms with van der Waals surface area (Å²) >= 11 is 0. The highest BCUT2D eigenvalue weighted by Crippen LogP contribution is 2.17. The van der Waals surface area contributed by atoms with Gasteiger partial charge in [-0.2, -0.15) is 5.10 Å². The zero-order chi connectivity index (χ0) is 18.7. The average Bonchev–Trinajstić information content (AvgIpc) is 2.96. The number of carbonyl (C=O) groups excluding carboxylic acids is 1. The van der Waals surface area contributed by atoms with E-state index in [0.29, 0.717) is 12.2 Å². The molecule has 1 aromatic carbocycles. The molecule has 0 amide bonds. The van der Waals surface area contributed by atoms with Gasteiger partial charge in [-0.3, -0.25) is 4.79 Å². The third-order valence-electron chi connectivity index (χ3n) is 3.46. The van der Waals surface area contributed by atoms with Crippen LogP contribution in [-0.2, 0) is 16.1 Å². The zero-order valence-electron chi connectivity index (χ0n) is 15.3. The van der Waals surface area contributed by atoms with Crippen LogP contribution in [0.15, 0.2) is 30.9 Å². The number of hydrogen-bond acceptors (Lipinski definition) is 5. The topological polar surface area (TPSA) is 69.0 Å². The first-order valence-corrected chi connectivity index (χ1v) is 8.16. The van der Waals surface area contributed by atoms with Gasteiger partial charge in [0.25, 0.3) is 0 Å². The van der Waals surface area contributed by atoms with Gasteiger partial charge >= 0.3 is 5.97 Å². The van der Waals surface area contributed by atoms with E-state index >= 15 is 0 Å². The summed E-state index contributed by atoms with van der Waals surface area (Å²) < 4.78 is 21.0. The van der Waals surface area contributed by atoms with Crippen LogP contribution in [0.5, 0.6) is 0 Å². The number of hydrogen-bond donors (Lipinski definition) is 1. The molecule has 6 nitrogen and oxygen atoms in total. The third kappa shape index (κ3) is 5.94. The van der Waals surface area contributed by atoms with Crippen LogP contribution in [0.4, 0.5) is 4.39 Å². The summed E-state index contributed by atoms with van der Waals surface area (Å²) in [6.07, 6.45) is 3.03. The molecule has 1 aromatic heterocycles. The number of carbonyl (C=O) groups is 1. The van der Waals surface area contributed by atoms with Gasteiger partial charge in [-0.05, 0) is 52.3 Å². The Morgan fingerprint density at radius 3 is 2.56 bits per heavy atom. The minimum absolute atomic E-state index is 0.226. The molecule has 2 rings (SSSR count). The predicted molar refractivity (Wildman–Crippen MR) is 92.7 cm³/mol. The van der Waals surface area contributed by atoms with Crippen LogP contribution in [0.2, 0.25) is 0 Å². The number of benzene rings is 1. The predicted octanol–water partition coefficient (Wildman–Crippen LogP) is 3.01. The van der Waals surface area contributed by atoms with Crippen molar-refractivity contribution in [2.24, 2.45) is 0 Å². The molecule has 0 aliphatic carbocycles. The van der Waals surface area contributed by atoms with Gasteiger partial charge in [0.2, 0.25) is 0 Å². The van der Waals surface area contributed by atoms with Crippen molar-refractivity contribution in [2.75, 3.05) is 0 Å². The highest BCUT2D eigenvalue weighted by Gasteiger charge is 2.25. The summed E-state index contributed by atoms with van der Waals surface area (Å²) in [4.78, 5) is 15.8. The molecule has 2 aromatic rings. The van der Waals surface area contributed by atoms with Crippen molar-refractivity contribution < 1.29 is 13.9 Å². The molecule has 0 saturated heterocycles. The lowest BCUT2D eigenvalue weighted by atomic mass is 10.00. The van der Waals surface area contributed by atoms with E-state index in [4.69, 9.17) is 4.74 Å².